The van der Waals surface area contributed by atoms with Crippen molar-refractivity contribution < 1.29 is 28.5 Å². The number of methoxy groups -OCH3 is 3. The summed E-state index contributed by atoms with van der Waals surface area (Å²) in [6, 6.07) is 16.8. The van der Waals surface area contributed by atoms with E-state index in [1.54, 1.807) is 29.3 Å². The molecule has 0 bridgehead atoms. The number of nitrogens with one attached hydrogen (secondary N) is 1. The molecule has 9 nitrogen and oxygen atoms in total. The molecule has 2 amide bonds. The zero-order valence-electron chi connectivity index (χ0n) is 20.5. The van der Waals surface area contributed by atoms with E-state index in [0.717, 1.165) is 11.1 Å². The minimum Gasteiger partial charge on any atom is -0.493 e. The molecule has 1 aliphatic heterocycles. The van der Waals surface area contributed by atoms with Gasteiger partial charge in [0.05, 0.1) is 32.9 Å². The molecule has 1 N–H and O–H groups in total. The molecule has 188 valence electrons. The SMILES string of the molecule is COc1cc(N2CC(C(=O)NCc3ccnc(OCc4ccccc4)c3)CC2=O)cc(OC)c1OC. The van der Waals surface area contributed by atoms with Gasteiger partial charge in [-0.25, -0.2) is 4.98 Å². The Morgan fingerprint density at radius 2 is 1.72 bits per heavy atom. The highest BCUT2D eigenvalue weighted by Gasteiger charge is 2.36. The van der Waals surface area contributed by atoms with Crippen LogP contribution < -0.4 is 29.2 Å². The highest BCUT2D eigenvalue weighted by molar-refractivity contribution is 6.00. The summed E-state index contributed by atoms with van der Waals surface area (Å²) in [4.78, 5) is 31.4. The standard InChI is InChI=1S/C27H29N3O6/c1-33-22-13-21(14-23(34-2)26(22)35-3)30-16-20(12-25(30)31)27(32)29-15-19-9-10-28-24(11-19)36-17-18-7-5-4-6-8-18/h4-11,13-14,20H,12,15-17H2,1-3H3,(H,29,32). The summed E-state index contributed by atoms with van der Waals surface area (Å²) in [6.45, 7) is 0.966. The van der Waals surface area contributed by atoms with Gasteiger partial charge in [-0.3, -0.25) is 9.59 Å². The van der Waals surface area contributed by atoms with Gasteiger partial charge < -0.3 is 29.2 Å². The molecule has 0 aliphatic carbocycles. The smallest absolute Gasteiger partial charge is 0.227 e. The van der Waals surface area contributed by atoms with E-state index >= 15 is 0 Å². The van der Waals surface area contributed by atoms with Crippen molar-refractivity contribution >= 4 is 17.5 Å². The van der Waals surface area contributed by atoms with Crippen LogP contribution in [0, 0.1) is 5.92 Å². The Labute approximate surface area is 209 Å². The average Bonchev–Trinajstić information content (AvgIpc) is 3.32. The molecule has 1 unspecified atom stereocenters. The first-order chi connectivity index (χ1) is 17.5. The first-order valence-corrected chi connectivity index (χ1v) is 11.5. The number of hydrogen-bond acceptors (Lipinski definition) is 7. The van der Waals surface area contributed by atoms with E-state index in [1.807, 2.05) is 36.4 Å². The molecule has 3 aromatic rings. The molecule has 1 atom stereocenters. The predicted octanol–water partition coefficient (Wildman–Crippen LogP) is 3.36. The second-order valence-electron chi connectivity index (χ2n) is 8.28. The fourth-order valence-corrected chi connectivity index (χ4v) is 4.06. The predicted molar refractivity (Wildman–Crippen MR) is 133 cm³/mol. The van der Waals surface area contributed by atoms with E-state index in [1.165, 1.54) is 21.3 Å². The number of benzene rings is 2. The number of carbonyl (C=O) groups is 2. The Bertz CT molecular complexity index is 1190. The first kappa shape index (κ1) is 24.8. The van der Waals surface area contributed by atoms with Crippen molar-refractivity contribution in [2.45, 2.75) is 19.6 Å². The Morgan fingerprint density at radius 1 is 1.00 bits per heavy atom. The van der Waals surface area contributed by atoms with Crippen molar-refractivity contribution in [3.05, 3.63) is 71.9 Å². The van der Waals surface area contributed by atoms with E-state index in [9.17, 15) is 9.59 Å². The van der Waals surface area contributed by atoms with Crippen LogP contribution in [0.1, 0.15) is 17.5 Å². The van der Waals surface area contributed by atoms with Gasteiger partial charge in [0, 0.05) is 43.9 Å². The lowest BCUT2D eigenvalue weighted by Gasteiger charge is -2.20. The summed E-state index contributed by atoms with van der Waals surface area (Å²) in [5.74, 6) is 0.981. The van der Waals surface area contributed by atoms with Crippen LogP contribution in [0.25, 0.3) is 0 Å². The average molecular weight is 492 g/mol. The maximum atomic E-state index is 12.9. The van der Waals surface area contributed by atoms with Gasteiger partial charge in [-0.1, -0.05) is 30.3 Å². The minimum absolute atomic E-state index is 0.115. The fourth-order valence-electron chi connectivity index (χ4n) is 4.06. The summed E-state index contributed by atoms with van der Waals surface area (Å²) >= 11 is 0. The quantitative estimate of drug-likeness (QED) is 0.464. The maximum absolute atomic E-state index is 12.9. The molecule has 2 aromatic carbocycles. The lowest BCUT2D eigenvalue weighted by atomic mass is 10.1. The third-order valence-corrected chi connectivity index (χ3v) is 5.95. The normalized spacial score (nSPS) is 14.9. The second-order valence-corrected chi connectivity index (χ2v) is 8.28. The molecule has 1 fully saturated rings. The summed E-state index contributed by atoms with van der Waals surface area (Å²) in [5, 5.41) is 2.93. The highest BCUT2D eigenvalue weighted by Crippen LogP contribution is 2.42. The van der Waals surface area contributed by atoms with E-state index in [-0.39, 0.29) is 24.8 Å². The minimum atomic E-state index is -0.479. The summed E-state index contributed by atoms with van der Waals surface area (Å²) in [5.41, 5.74) is 2.48. The number of aromatic nitrogens is 1. The van der Waals surface area contributed by atoms with Crippen molar-refractivity contribution in [2.24, 2.45) is 5.92 Å². The second kappa shape index (κ2) is 11.4. The van der Waals surface area contributed by atoms with Gasteiger partial charge in [-0.05, 0) is 17.2 Å². The molecule has 1 aliphatic rings. The first-order valence-electron chi connectivity index (χ1n) is 11.5. The number of hydrogen-bond donors (Lipinski definition) is 1. The monoisotopic (exact) mass is 491 g/mol. The van der Waals surface area contributed by atoms with Crippen LogP contribution in [0.3, 0.4) is 0 Å². The zero-order chi connectivity index (χ0) is 25.5. The van der Waals surface area contributed by atoms with Crippen LogP contribution in [0.5, 0.6) is 23.1 Å². The number of ether oxygens (including phenoxy) is 4. The number of carbonyl (C=O) groups excluding carboxylic acids is 2. The number of rotatable bonds is 10. The van der Waals surface area contributed by atoms with Crippen LogP contribution in [0.2, 0.25) is 0 Å². The Balaban J connectivity index is 1.36. The molecular formula is C27H29N3O6. The number of pyridine rings is 1. The lowest BCUT2D eigenvalue weighted by Crippen LogP contribution is -2.32. The van der Waals surface area contributed by atoms with E-state index < -0.39 is 5.92 Å². The van der Waals surface area contributed by atoms with Gasteiger partial charge in [-0.2, -0.15) is 0 Å². The molecule has 4 rings (SSSR count). The molecule has 1 aromatic heterocycles. The molecule has 9 heteroatoms. The molecule has 2 heterocycles. The molecule has 0 saturated carbocycles. The largest absolute Gasteiger partial charge is 0.493 e. The van der Waals surface area contributed by atoms with E-state index in [2.05, 4.69) is 10.3 Å². The third-order valence-electron chi connectivity index (χ3n) is 5.95. The van der Waals surface area contributed by atoms with Crippen molar-refractivity contribution in [1.82, 2.24) is 10.3 Å². The van der Waals surface area contributed by atoms with Gasteiger partial charge >= 0.3 is 0 Å². The molecule has 36 heavy (non-hydrogen) atoms. The van der Waals surface area contributed by atoms with Gasteiger partial charge in [0.1, 0.15) is 6.61 Å². The molecule has 0 spiro atoms. The maximum Gasteiger partial charge on any atom is 0.227 e. The van der Waals surface area contributed by atoms with Crippen LogP contribution in [0.15, 0.2) is 60.8 Å². The number of nitrogens with zero attached hydrogens (tertiary/aromatic N) is 2. The lowest BCUT2D eigenvalue weighted by molar-refractivity contribution is -0.126. The summed E-state index contributed by atoms with van der Waals surface area (Å²) in [7, 11) is 4.54. The topological polar surface area (TPSA) is 99.2 Å². The van der Waals surface area contributed by atoms with Gasteiger partial charge in [0.25, 0.3) is 0 Å². The summed E-state index contributed by atoms with van der Waals surface area (Å²) < 4.78 is 21.9. The molecule has 1 saturated heterocycles. The van der Waals surface area contributed by atoms with Crippen LogP contribution in [0.4, 0.5) is 5.69 Å². The van der Waals surface area contributed by atoms with Crippen molar-refractivity contribution in [3.8, 4) is 23.1 Å². The van der Waals surface area contributed by atoms with Crippen molar-refractivity contribution in [1.29, 1.82) is 0 Å². The number of amides is 2. The van der Waals surface area contributed by atoms with E-state index in [0.29, 0.717) is 42.0 Å². The highest BCUT2D eigenvalue weighted by atomic mass is 16.5. The fraction of sp³-hybridized carbons (Fsp3) is 0.296. The van der Waals surface area contributed by atoms with Gasteiger partial charge in [0.15, 0.2) is 11.5 Å². The van der Waals surface area contributed by atoms with Crippen molar-refractivity contribution in [2.75, 3.05) is 32.8 Å². The third kappa shape index (κ3) is 5.68. The van der Waals surface area contributed by atoms with Gasteiger partial charge in [-0.15, -0.1) is 0 Å². The Kier molecular flexibility index (Phi) is 7.89. The van der Waals surface area contributed by atoms with Crippen LogP contribution in [-0.2, 0) is 22.7 Å². The molecular weight excluding hydrogens is 462 g/mol. The number of anilines is 1. The summed E-state index contributed by atoms with van der Waals surface area (Å²) in [6.07, 6.45) is 1.76. The van der Waals surface area contributed by atoms with Crippen molar-refractivity contribution in [3.63, 3.8) is 0 Å². The Hall–Kier alpha value is -4.27. The molecule has 0 radical (unpaired) electrons. The van der Waals surface area contributed by atoms with Crippen LogP contribution >= 0.6 is 0 Å². The zero-order valence-corrected chi connectivity index (χ0v) is 20.5. The van der Waals surface area contributed by atoms with Crippen LogP contribution in [-0.4, -0.2) is 44.7 Å². The van der Waals surface area contributed by atoms with E-state index in [4.69, 9.17) is 18.9 Å². The van der Waals surface area contributed by atoms with Gasteiger partial charge in [0.2, 0.25) is 23.4 Å². The Morgan fingerprint density at radius 3 is 2.39 bits per heavy atom.